The molecule has 0 aromatic carbocycles. The Morgan fingerprint density at radius 2 is 2.20 bits per heavy atom. The van der Waals surface area contributed by atoms with E-state index in [1.165, 1.54) is 0 Å². The number of pyridine rings is 1. The molecule has 0 radical (unpaired) electrons. The predicted molar refractivity (Wildman–Crippen MR) is 80.3 cm³/mol. The summed E-state index contributed by atoms with van der Waals surface area (Å²) in [6, 6.07) is 5.77. The Hall–Kier alpha value is -1.81. The van der Waals surface area contributed by atoms with Crippen LogP contribution in [0.4, 0.5) is 0 Å². The molecule has 2 aromatic rings. The maximum absolute atomic E-state index is 6.54. The number of hydrogen-bond donors (Lipinski definition) is 0. The molecule has 20 heavy (non-hydrogen) atoms. The zero-order chi connectivity index (χ0) is 14.1. The van der Waals surface area contributed by atoms with E-state index in [4.69, 9.17) is 11.6 Å². The highest BCUT2D eigenvalue weighted by Crippen LogP contribution is 2.31. The van der Waals surface area contributed by atoms with E-state index in [1.54, 1.807) is 6.20 Å². The molecule has 0 amide bonds. The lowest BCUT2D eigenvalue weighted by atomic mass is 10.2. The van der Waals surface area contributed by atoms with E-state index in [-0.39, 0.29) is 0 Å². The van der Waals surface area contributed by atoms with Crippen molar-refractivity contribution in [1.29, 1.82) is 0 Å². The quantitative estimate of drug-likeness (QED) is 0.850. The van der Waals surface area contributed by atoms with Crippen LogP contribution in [0.1, 0.15) is 19.0 Å². The van der Waals surface area contributed by atoms with E-state index in [9.17, 15) is 0 Å². The van der Waals surface area contributed by atoms with E-state index in [2.05, 4.69) is 21.6 Å². The fourth-order valence-corrected chi connectivity index (χ4v) is 2.77. The minimum absolute atomic E-state index is 0.705. The van der Waals surface area contributed by atoms with Crippen molar-refractivity contribution in [1.82, 2.24) is 19.7 Å². The topological polar surface area (TPSA) is 34.0 Å². The number of allylic oxidation sites excluding steroid dienone is 1. The third-order valence-electron chi connectivity index (χ3n) is 3.58. The summed E-state index contributed by atoms with van der Waals surface area (Å²) in [4.78, 5) is 6.58. The van der Waals surface area contributed by atoms with Crippen molar-refractivity contribution in [3.05, 3.63) is 47.4 Å². The van der Waals surface area contributed by atoms with E-state index < -0.39 is 0 Å². The summed E-state index contributed by atoms with van der Waals surface area (Å²) >= 11 is 6.54. The second-order valence-electron chi connectivity index (χ2n) is 5.06. The van der Waals surface area contributed by atoms with Gasteiger partial charge in [0.2, 0.25) is 0 Å². The summed E-state index contributed by atoms with van der Waals surface area (Å²) in [6.45, 7) is 8.69. The molecule has 0 unspecified atom stereocenters. The molecule has 5 heteroatoms. The SMILES string of the molecule is C=C(C)N1CCCn2nc(-c3ccccn3)c(Cl)c2C1. The van der Waals surface area contributed by atoms with Gasteiger partial charge in [-0.2, -0.15) is 5.10 Å². The Balaban J connectivity index is 2.02. The van der Waals surface area contributed by atoms with E-state index in [0.717, 1.165) is 48.8 Å². The van der Waals surface area contributed by atoms with Gasteiger partial charge < -0.3 is 4.90 Å². The highest BCUT2D eigenvalue weighted by molar-refractivity contribution is 6.33. The molecule has 4 nitrogen and oxygen atoms in total. The zero-order valence-electron chi connectivity index (χ0n) is 11.5. The molecule has 2 aromatic heterocycles. The van der Waals surface area contributed by atoms with E-state index in [0.29, 0.717) is 5.02 Å². The van der Waals surface area contributed by atoms with Crippen molar-refractivity contribution in [2.75, 3.05) is 6.54 Å². The van der Waals surface area contributed by atoms with Gasteiger partial charge in [-0.1, -0.05) is 24.2 Å². The van der Waals surface area contributed by atoms with Gasteiger partial charge in [-0.15, -0.1) is 0 Å². The number of fused-ring (bicyclic) bond motifs is 1. The number of halogens is 1. The molecule has 0 aliphatic carbocycles. The Morgan fingerprint density at radius 1 is 1.35 bits per heavy atom. The minimum atomic E-state index is 0.705. The Bertz CT molecular complexity index is 633. The first-order chi connectivity index (χ1) is 9.66. The summed E-state index contributed by atoms with van der Waals surface area (Å²) in [5.41, 5.74) is 3.70. The minimum Gasteiger partial charge on any atom is -0.370 e. The summed E-state index contributed by atoms with van der Waals surface area (Å²) in [6.07, 6.45) is 2.80. The van der Waals surface area contributed by atoms with Gasteiger partial charge in [0.05, 0.1) is 23.0 Å². The fourth-order valence-electron chi connectivity index (χ4n) is 2.47. The maximum atomic E-state index is 6.54. The van der Waals surface area contributed by atoms with E-state index in [1.807, 2.05) is 29.8 Å². The molecule has 0 fully saturated rings. The van der Waals surface area contributed by atoms with Crippen LogP contribution in [-0.2, 0) is 13.1 Å². The van der Waals surface area contributed by atoms with Crippen LogP contribution < -0.4 is 0 Å². The van der Waals surface area contributed by atoms with Crippen LogP contribution in [0.3, 0.4) is 0 Å². The summed E-state index contributed by atoms with van der Waals surface area (Å²) < 4.78 is 2.01. The normalized spacial score (nSPS) is 14.8. The summed E-state index contributed by atoms with van der Waals surface area (Å²) in [5.74, 6) is 0. The third-order valence-corrected chi connectivity index (χ3v) is 3.98. The summed E-state index contributed by atoms with van der Waals surface area (Å²) in [5, 5.41) is 5.35. The second kappa shape index (κ2) is 5.29. The maximum Gasteiger partial charge on any atom is 0.130 e. The molecule has 0 saturated heterocycles. The lowest BCUT2D eigenvalue weighted by Crippen LogP contribution is -2.20. The molecule has 1 aliphatic heterocycles. The van der Waals surface area contributed by atoms with Crippen LogP contribution >= 0.6 is 11.6 Å². The van der Waals surface area contributed by atoms with Crippen molar-refractivity contribution < 1.29 is 0 Å². The first kappa shape index (κ1) is 13.2. The van der Waals surface area contributed by atoms with Crippen LogP contribution in [-0.4, -0.2) is 26.2 Å². The molecule has 0 saturated carbocycles. The highest BCUT2D eigenvalue weighted by Gasteiger charge is 2.22. The van der Waals surface area contributed by atoms with Crippen molar-refractivity contribution in [3.63, 3.8) is 0 Å². The Labute approximate surface area is 123 Å². The highest BCUT2D eigenvalue weighted by atomic mass is 35.5. The van der Waals surface area contributed by atoms with Crippen molar-refractivity contribution in [2.24, 2.45) is 0 Å². The first-order valence-electron chi connectivity index (χ1n) is 6.74. The number of aryl methyl sites for hydroxylation is 1. The van der Waals surface area contributed by atoms with Crippen molar-refractivity contribution >= 4 is 11.6 Å². The van der Waals surface area contributed by atoms with Gasteiger partial charge in [0.25, 0.3) is 0 Å². The molecule has 0 atom stereocenters. The standard InChI is InChI=1S/C15H17ClN4/c1-11(2)19-8-5-9-20-13(10-19)14(16)15(18-20)12-6-3-4-7-17-12/h3-4,6-7H,1,5,8-10H2,2H3. The van der Waals surface area contributed by atoms with Gasteiger partial charge in [0, 0.05) is 25.0 Å². The van der Waals surface area contributed by atoms with Crippen LogP contribution in [0.5, 0.6) is 0 Å². The average Bonchev–Trinajstić information content (AvgIpc) is 2.64. The van der Waals surface area contributed by atoms with Crippen LogP contribution in [0, 0.1) is 0 Å². The number of hydrogen-bond acceptors (Lipinski definition) is 3. The largest absolute Gasteiger partial charge is 0.370 e. The molecular formula is C15H17ClN4. The molecule has 3 rings (SSSR count). The lowest BCUT2D eigenvalue weighted by Gasteiger charge is -2.21. The smallest absolute Gasteiger partial charge is 0.130 e. The molecular weight excluding hydrogens is 272 g/mol. The second-order valence-corrected chi connectivity index (χ2v) is 5.44. The average molecular weight is 289 g/mol. The predicted octanol–water partition coefficient (Wildman–Crippen LogP) is 3.34. The molecule has 104 valence electrons. The van der Waals surface area contributed by atoms with Crippen molar-refractivity contribution in [3.8, 4) is 11.4 Å². The fraction of sp³-hybridized carbons (Fsp3) is 0.333. The molecule has 1 aliphatic rings. The van der Waals surface area contributed by atoms with Crippen LogP contribution in [0.2, 0.25) is 5.02 Å². The van der Waals surface area contributed by atoms with Gasteiger partial charge in [0.1, 0.15) is 5.69 Å². The molecule has 3 heterocycles. The summed E-state index contributed by atoms with van der Waals surface area (Å²) in [7, 11) is 0. The molecule has 0 spiro atoms. The van der Waals surface area contributed by atoms with Crippen molar-refractivity contribution in [2.45, 2.75) is 26.4 Å². The van der Waals surface area contributed by atoms with E-state index >= 15 is 0 Å². The molecule has 0 bridgehead atoms. The van der Waals surface area contributed by atoms with Crippen LogP contribution in [0.15, 0.2) is 36.7 Å². The first-order valence-corrected chi connectivity index (χ1v) is 7.11. The number of rotatable bonds is 2. The van der Waals surface area contributed by atoms with Gasteiger partial charge in [-0.25, -0.2) is 0 Å². The van der Waals surface area contributed by atoms with Gasteiger partial charge in [0.15, 0.2) is 0 Å². The third kappa shape index (κ3) is 2.31. The zero-order valence-corrected chi connectivity index (χ0v) is 12.3. The Kier molecular flexibility index (Phi) is 3.49. The number of nitrogens with zero attached hydrogens (tertiary/aromatic N) is 4. The number of aromatic nitrogens is 3. The van der Waals surface area contributed by atoms with Gasteiger partial charge in [-0.3, -0.25) is 9.67 Å². The van der Waals surface area contributed by atoms with Gasteiger partial charge >= 0.3 is 0 Å². The van der Waals surface area contributed by atoms with Gasteiger partial charge in [-0.05, 0) is 25.5 Å². The lowest BCUT2D eigenvalue weighted by molar-refractivity contribution is 0.344. The Morgan fingerprint density at radius 3 is 2.90 bits per heavy atom. The monoisotopic (exact) mass is 288 g/mol. The molecule has 0 N–H and O–H groups in total. The van der Waals surface area contributed by atoms with Crippen LogP contribution in [0.25, 0.3) is 11.4 Å².